The lowest BCUT2D eigenvalue weighted by atomic mass is 10.1. The first-order chi connectivity index (χ1) is 12.4. The number of carbonyl (C=O) groups excluding carboxylic acids is 3. The van der Waals surface area contributed by atoms with Gasteiger partial charge in [-0.2, -0.15) is 13.2 Å². The van der Waals surface area contributed by atoms with Crippen LogP contribution in [0.4, 0.5) is 13.2 Å². The predicted octanol–water partition coefficient (Wildman–Crippen LogP) is 3.18. The summed E-state index contributed by atoms with van der Waals surface area (Å²) in [4.78, 5) is 39.6. The monoisotopic (exact) mass is 388 g/mol. The Labute approximate surface area is 155 Å². The fraction of sp³-hybridized carbons (Fsp3) is 0.611. The molecule has 0 aliphatic heterocycles. The lowest BCUT2D eigenvalue weighted by Crippen LogP contribution is -2.47. The van der Waals surface area contributed by atoms with Gasteiger partial charge in [-0.1, -0.05) is 0 Å². The van der Waals surface area contributed by atoms with Gasteiger partial charge in [0.1, 0.15) is 12.2 Å². The molecule has 1 heterocycles. The number of rotatable bonds is 7. The molecule has 1 aromatic heterocycles. The number of hydrogen-bond donors (Lipinski definition) is 1. The molecule has 1 aromatic rings. The van der Waals surface area contributed by atoms with Gasteiger partial charge < -0.3 is 14.6 Å². The summed E-state index contributed by atoms with van der Waals surface area (Å²) in [5, 5.41) is 0. The number of ether oxygens (including phenoxy) is 1. The number of nitrogens with zero attached hydrogens (tertiary/aromatic N) is 1. The maximum Gasteiger partial charge on any atom is 0.406 e. The Kier molecular flexibility index (Phi) is 6.01. The van der Waals surface area contributed by atoms with Gasteiger partial charge in [0.25, 0.3) is 5.91 Å². The van der Waals surface area contributed by atoms with Crippen LogP contribution in [0.2, 0.25) is 0 Å². The van der Waals surface area contributed by atoms with Gasteiger partial charge in [-0.3, -0.25) is 9.59 Å². The lowest BCUT2D eigenvalue weighted by molar-refractivity contribution is -0.167. The standard InChI is InChI=1S/C18H23F3N2O4/c1-9-15(12(4)24)10(2)22-16(9)17(26)27-7-14(25)23(8-18(19,20)21)11(3)13-5-6-13/h11,13,22H,5-8H2,1-4H3/t11-/m0/s1. The van der Waals surface area contributed by atoms with E-state index in [1.54, 1.807) is 20.8 Å². The number of ketones is 1. The van der Waals surface area contributed by atoms with E-state index < -0.39 is 37.2 Å². The van der Waals surface area contributed by atoms with Crippen molar-refractivity contribution in [2.45, 2.75) is 52.8 Å². The molecule has 2 rings (SSSR count). The Morgan fingerprint density at radius 1 is 1.26 bits per heavy atom. The molecule has 0 saturated heterocycles. The van der Waals surface area contributed by atoms with Crippen molar-refractivity contribution in [1.82, 2.24) is 9.88 Å². The fourth-order valence-electron chi connectivity index (χ4n) is 3.25. The van der Waals surface area contributed by atoms with E-state index in [0.717, 1.165) is 17.7 Å². The van der Waals surface area contributed by atoms with Crippen LogP contribution in [0.3, 0.4) is 0 Å². The number of H-pyrrole nitrogens is 1. The largest absolute Gasteiger partial charge is 0.451 e. The fourth-order valence-corrected chi connectivity index (χ4v) is 3.25. The minimum absolute atomic E-state index is 0.0168. The molecule has 1 amide bonds. The van der Waals surface area contributed by atoms with Crippen molar-refractivity contribution in [3.05, 3.63) is 22.5 Å². The molecule has 1 fully saturated rings. The second kappa shape index (κ2) is 7.74. The van der Waals surface area contributed by atoms with Crippen LogP contribution in [0.15, 0.2) is 0 Å². The topological polar surface area (TPSA) is 79.5 Å². The van der Waals surface area contributed by atoms with Crippen LogP contribution in [-0.4, -0.2) is 52.9 Å². The normalized spacial score (nSPS) is 15.4. The minimum atomic E-state index is -4.54. The van der Waals surface area contributed by atoms with Gasteiger partial charge in [-0.05, 0) is 52.0 Å². The number of aryl methyl sites for hydroxylation is 1. The van der Waals surface area contributed by atoms with Crippen molar-refractivity contribution in [1.29, 1.82) is 0 Å². The summed E-state index contributed by atoms with van der Waals surface area (Å²) in [6.07, 6.45) is -2.99. The van der Waals surface area contributed by atoms with Gasteiger partial charge >= 0.3 is 12.1 Å². The van der Waals surface area contributed by atoms with Gasteiger partial charge in [0.2, 0.25) is 0 Å². The van der Waals surface area contributed by atoms with E-state index >= 15 is 0 Å². The molecule has 1 saturated carbocycles. The molecule has 1 aliphatic carbocycles. The summed E-state index contributed by atoms with van der Waals surface area (Å²) in [5.41, 5.74) is 1.24. The van der Waals surface area contributed by atoms with Crippen LogP contribution in [-0.2, 0) is 9.53 Å². The SMILES string of the molecule is CC(=O)c1c(C)[nH]c(C(=O)OCC(=O)N(CC(F)(F)F)[C@@H](C)C2CC2)c1C. The highest BCUT2D eigenvalue weighted by molar-refractivity contribution is 6.01. The Balaban J connectivity index is 2.07. The summed E-state index contributed by atoms with van der Waals surface area (Å²) in [5.74, 6) is -1.97. The molecule has 0 spiro atoms. The summed E-state index contributed by atoms with van der Waals surface area (Å²) in [6.45, 7) is 3.93. The molecular weight excluding hydrogens is 365 g/mol. The maximum atomic E-state index is 12.8. The molecule has 27 heavy (non-hydrogen) atoms. The number of hydrogen-bond acceptors (Lipinski definition) is 4. The van der Waals surface area contributed by atoms with Gasteiger partial charge in [-0.15, -0.1) is 0 Å². The number of alkyl halides is 3. The third kappa shape index (κ3) is 5.11. The molecule has 9 heteroatoms. The minimum Gasteiger partial charge on any atom is -0.451 e. The Morgan fingerprint density at radius 2 is 1.85 bits per heavy atom. The summed E-state index contributed by atoms with van der Waals surface area (Å²) >= 11 is 0. The molecule has 1 aliphatic rings. The molecule has 0 unspecified atom stereocenters. The van der Waals surface area contributed by atoms with Crippen molar-refractivity contribution in [3.8, 4) is 0 Å². The first-order valence-corrected chi connectivity index (χ1v) is 8.65. The average molecular weight is 388 g/mol. The highest BCUT2D eigenvalue weighted by Crippen LogP contribution is 2.36. The quantitative estimate of drug-likeness (QED) is 0.575. The van der Waals surface area contributed by atoms with Crippen LogP contribution >= 0.6 is 0 Å². The molecular formula is C18H23F3N2O4. The molecule has 6 nitrogen and oxygen atoms in total. The molecule has 0 aromatic carbocycles. The number of amides is 1. The van der Waals surface area contributed by atoms with E-state index in [0.29, 0.717) is 16.8 Å². The maximum absolute atomic E-state index is 12.8. The van der Waals surface area contributed by atoms with Crippen molar-refractivity contribution < 1.29 is 32.3 Å². The highest BCUT2D eigenvalue weighted by Gasteiger charge is 2.40. The van der Waals surface area contributed by atoms with Crippen LogP contribution < -0.4 is 0 Å². The molecule has 150 valence electrons. The number of nitrogens with one attached hydrogen (secondary N) is 1. The second-order valence-electron chi connectivity index (χ2n) is 6.97. The Bertz CT molecular complexity index is 751. The van der Waals surface area contributed by atoms with Crippen LogP contribution in [0, 0.1) is 19.8 Å². The average Bonchev–Trinajstić information content (AvgIpc) is 3.33. The van der Waals surface area contributed by atoms with Gasteiger partial charge in [0.15, 0.2) is 12.4 Å². The zero-order valence-corrected chi connectivity index (χ0v) is 15.7. The zero-order valence-electron chi connectivity index (χ0n) is 15.7. The van der Waals surface area contributed by atoms with Crippen LogP contribution in [0.1, 0.15) is 58.8 Å². The van der Waals surface area contributed by atoms with Crippen molar-refractivity contribution in [2.24, 2.45) is 5.92 Å². The van der Waals surface area contributed by atoms with E-state index in [1.807, 2.05) is 0 Å². The summed E-state index contributed by atoms with van der Waals surface area (Å²) in [6, 6.07) is -0.573. The molecule has 0 radical (unpaired) electrons. The first-order valence-electron chi connectivity index (χ1n) is 8.65. The number of aromatic nitrogens is 1. The number of halogens is 3. The zero-order chi connectivity index (χ0) is 20.5. The number of aromatic amines is 1. The van der Waals surface area contributed by atoms with Gasteiger partial charge in [0.05, 0.1) is 0 Å². The number of esters is 1. The highest BCUT2D eigenvalue weighted by atomic mass is 19.4. The predicted molar refractivity (Wildman–Crippen MR) is 90.5 cm³/mol. The lowest BCUT2D eigenvalue weighted by Gasteiger charge is -2.30. The Hall–Kier alpha value is -2.32. The first kappa shape index (κ1) is 21.0. The number of carbonyl (C=O) groups is 3. The van der Waals surface area contributed by atoms with Gasteiger partial charge in [-0.25, -0.2) is 4.79 Å². The van der Waals surface area contributed by atoms with E-state index in [4.69, 9.17) is 4.74 Å². The second-order valence-corrected chi connectivity index (χ2v) is 6.97. The van der Waals surface area contributed by atoms with E-state index in [9.17, 15) is 27.6 Å². The van der Waals surface area contributed by atoms with Crippen molar-refractivity contribution in [2.75, 3.05) is 13.2 Å². The third-order valence-electron chi connectivity index (χ3n) is 4.79. The van der Waals surface area contributed by atoms with Crippen LogP contribution in [0.25, 0.3) is 0 Å². The summed E-state index contributed by atoms with van der Waals surface area (Å²) < 4.78 is 43.4. The Morgan fingerprint density at radius 3 is 2.30 bits per heavy atom. The van der Waals surface area contributed by atoms with E-state index in [2.05, 4.69) is 4.98 Å². The van der Waals surface area contributed by atoms with Crippen molar-refractivity contribution in [3.63, 3.8) is 0 Å². The van der Waals surface area contributed by atoms with E-state index in [1.165, 1.54) is 6.92 Å². The molecule has 1 atom stereocenters. The van der Waals surface area contributed by atoms with Crippen molar-refractivity contribution >= 4 is 17.7 Å². The van der Waals surface area contributed by atoms with Crippen LogP contribution in [0.5, 0.6) is 0 Å². The summed E-state index contributed by atoms with van der Waals surface area (Å²) in [7, 11) is 0. The number of Topliss-reactive ketones (excluding diaryl/α,β-unsaturated/α-hetero) is 1. The smallest absolute Gasteiger partial charge is 0.406 e. The molecule has 1 N–H and O–H groups in total. The van der Waals surface area contributed by atoms with E-state index in [-0.39, 0.29) is 17.4 Å². The molecule has 0 bridgehead atoms. The third-order valence-corrected chi connectivity index (χ3v) is 4.79. The van der Waals surface area contributed by atoms with Gasteiger partial charge in [0, 0.05) is 17.3 Å².